The van der Waals surface area contributed by atoms with Gasteiger partial charge in [0.25, 0.3) is 0 Å². The van der Waals surface area contributed by atoms with Crippen molar-refractivity contribution >= 4 is 43.1 Å². The molecular weight excluding hydrogens is 591 g/mol. The number of nitrogens with zero attached hydrogens (tertiary/aromatic N) is 1. The first-order chi connectivity index (χ1) is 23.7. The smallest absolute Gasteiger partial charge is 0.105 e. The molecule has 0 bridgehead atoms. The third kappa shape index (κ3) is 5.39. The van der Waals surface area contributed by atoms with Crippen molar-refractivity contribution < 1.29 is 4.48 Å². The zero-order valence-corrected chi connectivity index (χ0v) is 29.6. The first-order valence-corrected chi connectivity index (χ1v) is 17.5. The van der Waals surface area contributed by atoms with Gasteiger partial charge in [0.2, 0.25) is 0 Å². The van der Waals surface area contributed by atoms with Crippen LogP contribution in [0.1, 0.15) is 33.4 Å². The standard InChI is InChI=1S/C48H44N/c1-31-23-24-35-15-7-11-19-40(35)45(31)47-39(26-25-36-16-8-12-20-41(36)47)29-49(5,6)30-44-33(3)28-38-18-10-14-22-43(38)48(44)46-34(4)32(2)27-37-17-9-13-21-42(37)46/h7-28H,29-30H2,1-6H3/q+1. The van der Waals surface area contributed by atoms with E-state index in [1.54, 1.807) is 0 Å². The quantitative estimate of drug-likeness (QED) is 0.160. The highest BCUT2D eigenvalue weighted by molar-refractivity contribution is 6.09. The van der Waals surface area contributed by atoms with Crippen LogP contribution < -0.4 is 0 Å². The maximum Gasteiger partial charge on any atom is 0.105 e. The summed E-state index contributed by atoms with van der Waals surface area (Å²) < 4.78 is 0.824. The van der Waals surface area contributed by atoms with E-state index in [4.69, 9.17) is 0 Å². The molecule has 8 rings (SSSR count). The van der Waals surface area contributed by atoms with E-state index in [0.717, 1.165) is 17.6 Å². The molecule has 0 amide bonds. The molecule has 0 saturated heterocycles. The highest BCUT2D eigenvalue weighted by atomic mass is 15.3. The molecule has 0 atom stereocenters. The molecule has 240 valence electrons. The maximum atomic E-state index is 2.41. The van der Waals surface area contributed by atoms with Gasteiger partial charge in [-0.3, -0.25) is 0 Å². The van der Waals surface area contributed by atoms with Crippen LogP contribution in [0.25, 0.3) is 65.3 Å². The number of quaternary nitrogens is 1. The van der Waals surface area contributed by atoms with Crippen LogP contribution in [-0.4, -0.2) is 18.6 Å². The monoisotopic (exact) mass is 634 g/mol. The summed E-state index contributed by atoms with van der Waals surface area (Å²) in [6.45, 7) is 11.0. The summed E-state index contributed by atoms with van der Waals surface area (Å²) in [4.78, 5) is 0. The van der Waals surface area contributed by atoms with Crippen LogP contribution in [0.15, 0.2) is 133 Å². The van der Waals surface area contributed by atoms with Crippen molar-refractivity contribution in [1.29, 1.82) is 0 Å². The van der Waals surface area contributed by atoms with Gasteiger partial charge in [0.15, 0.2) is 0 Å². The minimum atomic E-state index is 0.824. The topological polar surface area (TPSA) is 0 Å². The number of hydrogen-bond donors (Lipinski definition) is 0. The number of benzene rings is 8. The fraction of sp³-hybridized carbons (Fsp3) is 0.167. The Morgan fingerprint density at radius 2 is 0.857 bits per heavy atom. The molecule has 0 fully saturated rings. The minimum Gasteiger partial charge on any atom is -0.321 e. The molecule has 0 N–H and O–H groups in total. The SMILES string of the molecule is Cc1cc2ccccc2c(-c2c(C[N+](C)(C)Cc3ccc4ccccc4c3-c3c(C)ccc4ccccc34)c(C)cc3ccccc23)c1C. The Morgan fingerprint density at radius 3 is 1.47 bits per heavy atom. The molecule has 0 unspecified atom stereocenters. The van der Waals surface area contributed by atoms with Crippen LogP contribution in [0.2, 0.25) is 0 Å². The third-order valence-corrected chi connectivity index (χ3v) is 10.8. The van der Waals surface area contributed by atoms with E-state index in [1.165, 1.54) is 98.7 Å². The van der Waals surface area contributed by atoms with Crippen LogP contribution in [-0.2, 0) is 13.1 Å². The lowest BCUT2D eigenvalue weighted by Gasteiger charge is -2.33. The maximum absolute atomic E-state index is 2.41. The molecule has 0 aromatic heterocycles. The molecule has 8 aromatic carbocycles. The van der Waals surface area contributed by atoms with Gasteiger partial charge in [-0.05, 0) is 115 Å². The summed E-state index contributed by atoms with van der Waals surface area (Å²) in [5.41, 5.74) is 13.7. The van der Waals surface area contributed by atoms with Crippen molar-refractivity contribution in [3.8, 4) is 22.3 Å². The Kier molecular flexibility index (Phi) is 7.62. The predicted octanol–water partition coefficient (Wildman–Crippen LogP) is 12.6. The van der Waals surface area contributed by atoms with E-state index >= 15 is 0 Å². The van der Waals surface area contributed by atoms with Gasteiger partial charge in [-0.25, -0.2) is 0 Å². The molecule has 0 radical (unpaired) electrons. The molecule has 1 nitrogen and oxygen atoms in total. The average Bonchev–Trinajstić information content (AvgIpc) is 3.10. The fourth-order valence-corrected chi connectivity index (χ4v) is 8.33. The van der Waals surface area contributed by atoms with Gasteiger partial charge in [0.05, 0.1) is 14.1 Å². The second-order valence-electron chi connectivity index (χ2n) is 14.7. The molecule has 0 aliphatic heterocycles. The van der Waals surface area contributed by atoms with Gasteiger partial charge < -0.3 is 4.48 Å². The first kappa shape index (κ1) is 31.1. The third-order valence-electron chi connectivity index (χ3n) is 10.8. The van der Waals surface area contributed by atoms with Crippen molar-refractivity contribution in [1.82, 2.24) is 0 Å². The van der Waals surface area contributed by atoms with Crippen molar-refractivity contribution in [2.75, 3.05) is 14.1 Å². The molecule has 0 aliphatic carbocycles. The predicted molar refractivity (Wildman–Crippen MR) is 212 cm³/mol. The van der Waals surface area contributed by atoms with Gasteiger partial charge in [-0.1, -0.05) is 133 Å². The van der Waals surface area contributed by atoms with Gasteiger partial charge in [-0.15, -0.1) is 0 Å². The van der Waals surface area contributed by atoms with E-state index in [-0.39, 0.29) is 0 Å². The lowest BCUT2D eigenvalue weighted by Crippen LogP contribution is -2.38. The Bertz CT molecular complexity index is 2570. The van der Waals surface area contributed by atoms with E-state index in [1.807, 2.05) is 0 Å². The molecular formula is C48H44N+. The van der Waals surface area contributed by atoms with E-state index in [2.05, 4.69) is 175 Å². The summed E-state index contributed by atoms with van der Waals surface area (Å²) in [6.07, 6.45) is 0. The van der Waals surface area contributed by atoms with Crippen molar-refractivity contribution in [3.63, 3.8) is 0 Å². The number of fused-ring (bicyclic) bond motifs is 4. The zero-order valence-electron chi connectivity index (χ0n) is 29.6. The van der Waals surface area contributed by atoms with Crippen LogP contribution in [0.3, 0.4) is 0 Å². The van der Waals surface area contributed by atoms with Crippen molar-refractivity contribution in [2.45, 2.75) is 40.8 Å². The number of hydrogen-bond acceptors (Lipinski definition) is 0. The largest absolute Gasteiger partial charge is 0.321 e. The Morgan fingerprint density at radius 1 is 0.388 bits per heavy atom. The number of rotatable bonds is 6. The summed E-state index contributed by atoms with van der Waals surface area (Å²) in [6, 6.07) is 49.7. The van der Waals surface area contributed by atoms with Gasteiger partial charge in [-0.2, -0.15) is 0 Å². The molecule has 49 heavy (non-hydrogen) atoms. The van der Waals surface area contributed by atoms with Gasteiger partial charge >= 0.3 is 0 Å². The summed E-state index contributed by atoms with van der Waals surface area (Å²) in [5.74, 6) is 0. The van der Waals surface area contributed by atoms with E-state index in [0.29, 0.717) is 0 Å². The molecule has 0 heterocycles. The average molecular weight is 635 g/mol. The number of aryl methyl sites for hydroxylation is 3. The van der Waals surface area contributed by atoms with E-state index < -0.39 is 0 Å². The summed E-state index contributed by atoms with van der Waals surface area (Å²) in [7, 11) is 4.82. The van der Waals surface area contributed by atoms with Gasteiger partial charge in [0, 0.05) is 11.1 Å². The summed E-state index contributed by atoms with van der Waals surface area (Å²) >= 11 is 0. The Labute approximate surface area is 290 Å². The van der Waals surface area contributed by atoms with Crippen molar-refractivity contribution in [2.24, 2.45) is 0 Å². The molecule has 0 saturated carbocycles. The molecule has 8 aromatic rings. The lowest BCUT2D eigenvalue weighted by atomic mass is 9.83. The Balaban J connectivity index is 1.33. The Hall–Kier alpha value is -5.24. The van der Waals surface area contributed by atoms with E-state index in [9.17, 15) is 0 Å². The van der Waals surface area contributed by atoms with Crippen molar-refractivity contribution in [3.05, 3.63) is 167 Å². The zero-order chi connectivity index (χ0) is 33.9. The second-order valence-corrected chi connectivity index (χ2v) is 14.7. The first-order valence-electron chi connectivity index (χ1n) is 17.5. The van der Waals surface area contributed by atoms with Gasteiger partial charge in [0.1, 0.15) is 13.1 Å². The van der Waals surface area contributed by atoms with Crippen LogP contribution in [0.5, 0.6) is 0 Å². The second kappa shape index (κ2) is 12.0. The van der Waals surface area contributed by atoms with Crippen LogP contribution in [0.4, 0.5) is 0 Å². The molecule has 1 heteroatoms. The van der Waals surface area contributed by atoms with Crippen LogP contribution in [0, 0.1) is 27.7 Å². The lowest BCUT2D eigenvalue weighted by molar-refractivity contribution is -0.916. The summed E-state index contributed by atoms with van der Waals surface area (Å²) in [5, 5.41) is 10.5. The minimum absolute atomic E-state index is 0.824. The molecule has 0 aliphatic rings. The normalized spacial score (nSPS) is 12.0. The van der Waals surface area contributed by atoms with Crippen LogP contribution >= 0.6 is 0 Å². The molecule has 0 spiro atoms. The highest BCUT2D eigenvalue weighted by Crippen LogP contribution is 2.44. The fourth-order valence-electron chi connectivity index (χ4n) is 8.33. The highest BCUT2D eigenvalue weighted by Gasteiger charge is 2.27.